The highest BCUT2D eigenvalue weighted by atomic mass is 35.5. The largest absolute Gasteiger partial charge is 0.317 e. The van der Waals surface area contributed by atoms with Gasteiger partial charge < -0.3 is 4.57 Å². The Labute approximate surface area is 127 Å². The van der Waals surface area contributed by atoms with E-state index in [0.29, 0.717) is 10.6 Å². The molecule has 0 aliphatic carbocycles. The van der Waals surface area contributed by atoms with E-state index in [-0.39, 0.29) is 5.69 Å². The first-order chi connectivity index (χ1) is 9.87. The minimum atomic E-state index is -3.76. The second-order valence-corrected chi connectivity index (χ2v) is 6.34. The van der Waals surface area contributed by atoms with Crippen molar-refractivity contribution in [1.82, 2.24) is 4.57 Å². The highest BCUT2D eigenvalue weighted by Gasteiger charge is 2.09. The first kappa shape index (κ1) is 15.3. The van der Waals surface area contributed by atoms with Crippen molar-refractivity contribution in [2.24, 2.45) is 7.05 Å². The topological polar surface area (TPSA) is 68.2 Å². The summed E-state index contributed by atoms with van der Waals surface area (Å²) >= 11 is 5.75. The number of benzene rings is 1. The molecule has 0 atom stereocenters. The van der Waals surface area contributed by atoms with Gasteiger partial charge in [0.25, 0.3) is 15.6 Å². The van der Waals surface area contributed by atoms with Crippen molar-refractivity contribution >= 4 is 33.4 Å². The SMILES string of the molecule is Cn1cccc(NS(=O)(=O)C=Cc2ccc(Cl)cc2)c1=O. The molecule has 0 bridgehead atoms. The molecule has 0 aliphatic heterocycles. The van der Waals surface area contributed by atoms with Gasteiger partial charge in [-0.1, -0.05) is 23.7 Å². The van der Waals surface area contributed by atoms with Gasteiger partial charge in [0.2, 0.25) is 0 Å². The average molecular weight is 325 g/mol. The maximum Gasteiger partial charge on any atom is 0.274 e. The van der Waals surface area contributed by atoms with Crippen LogP contribution in [0.4, 0.5) is 5.69 Å². The molecular formula is C14H13ClN2O3S. The molecule has 2 aromatic rings. The third kappa shape index (κ3) is 4.21. The number of hydrogen-bond acceptors (Lipinski definition) is 3. The third-order valence-electron chi connectivity index (χ3n) is 2.69. The number of pyridine rings is 1. The molecule has 21 heavy (non-hydrogen) atoms. The van der Waals surface area contributed by atoms with E-state index >= 15 is 0 Å². The fourth-order valence-corrected chi connectivity index (χ4v) is 2.60. The Kier molecular flexibility index (Phi) is 4.50. The molecule has 1 aromatic heterocycles. The molecule has 1 N–H and O–H groups in total. The zero-order chi connectivity index (χ0) is 15.5. The Morgan fingerprint density at radius 1 is 1.19 bits per heavy atom. The van der Waals surface area contributed by atoms with E-state index < -0.39 is 15.6 Å². The Hall–Kier alpha value is -2.05. The molecule has 0 amide bonds. The summed E-state index contributed by atoms with van der Waals surface area (Å²) in [6.45, 7) is 0. The maximum absolute atomic E-state index is 11.9. The molecule has 2 rings (SSSR count). The highest BCUT2D eigenvalue weighted by molar-refractivity contribution is 7.95. The van der Waals surface area contributed by atoms with Crippen LogP contribution in [-0.4, -0.2) is 13.0 Å². The lowest BCUT2D eigenvalue weighted by atomic mass is 10.2. The van der Waals surface area contributed by atoms with E-state index in [1.165, 1.54) is 16.7 Å². The van der Waals surface area contributed by atoms with Crippen molar-refractivity contribution in [3.63, 3.8) is 0 Å². The number of aromatic nitrogens is 1. The van der Waals surface area contributed by atoms with Crippen LogP contribution in [0.25, 0.3) is 6.08 Å². The van der Waals surface area contributed by atoms with Crippen LogP contribution in [0.3, 0.4) is 0 Å². The van der Waals surface area contributed by atoms with Gasteiger partial charge in [0.1, 0.15) is 5.69 Å². The van der Waals surface area contributed by atoms with Crippen molar-refractivity contribution < 1.29 is 8.42 Å². The molecular weight excluding hydrogens is 312 g/mol. The summed E-state index contributed by atoms with van der Waals surface area (Å²) in [6, 6.07) is 9.70. The smallest absolute Gasteiger partial charge is 0.274 e. The monoisotopic (exact) mass is 324 g/mol. The molecule has 7 heteroatoms. The normalized spacial score (nSPS) is 11.7. The first-order valence-electron chi connectivity index (χ1n) is 5.99. The van der Waals surface area contributed by atoms with E-state index in [2.05, 4.69) is 4.72 Å². The van der Waals surface area contributed by atoms with E-state index in [4.69, 9.17) is 11.6 Å². The molecule has 0 aliphatic rings. The van der Waals surface area contributed by atoms with Crippen molar-refractivity contribution in [1.29, 1.82) is 0 Å². The van der Waals surface area contributed by atoms with Gasteiger partial charge in [0, 0.05) is 18.3 Å². The molecule has 0 fully saturated rings. The fraction of sp³-hybridized carbons (Fsp3) is 0.0714. The third-order valence-corrected chi connectivity index (χ3v) is 3.94. The molecule has 110 valence electrons. The van der Waals surface area contributed by atoms with Crippen molar-refractivity contribution in [3.8, 4) is 0 Å². The quantitative estimate of drug-likeness (QED) is 0.939. The molecule has 0 saturated carbocycles. The minimum absolute atomic E-state index is 0.000700. The van der Waals surface area contributed by atoms with Crippen LogP contribution in [0.5, 0.6) is 0 Å². The van der Waals surface area contributed by atoms with Gasteiger partial charge in [-0.15, -0.1) is 0 Å². The van der Waals surface area contributed by atoms with Gasteiger partial charge in [-0.25, -0.2) is 8.42 Å². The number of rotatable bonds is 4. The second-order valence-electron chi connectivity index (χ2n) is 4.34. The van der Waals surface area contributed by atoms with Gasteiger partial charge in [-0.2, -0.15) is 0 Å². The van der Waals surface area contributed by atoms with Gasteiger partial charge in [0.05, 0.1) is 5.41 Å². The lowest BCUT2D eigenvalue weighted by Crippen LogP contribution is -2.22. The van der Waals surface area contributed by atoms with E-state index in [1.807, 2.05) is 0 Å². The summed E-state index contributed by atoms with van der Waals surface area (Å²) in [4.78, 5) is 11.8. The van der Waals surface area contributed by atoms with Crippen LogP contribution in [0.15, 0.2) is 52.8 Å². The zero-order valence-electron chi connectivity index (χ0n) is 11.2. The Morgan fingerprint density at radius 2 is 1.86 bits per heavy atom. The van der Waals surface area contributed by atoms with Crippen LogP contribution in [0.1, 0.15) is 5.56 Å². The second kappa shape index (κ2) is 6.15. The van der Waals surface area contributed by atoms with Gasteiger partial charge in [-0.05, 0) is 35.9 Å². The van der Waals surface area contributed by atoms with Crippen LogP contribution < -0.4 is 10.3 Å². The lowest BCUT2D eigenvalue weighted by Gasteiger charge is -2.05. The number of nitrogens with one attached hydrogen (secondary N) is 1. The number of hydrogen-bond donors (Lipinski definition) is 1. The summed E-state index contributed by atoms with van der Waals surface area (Å²) < 4.78 is 27.4. The summed E-state index contributed by atoms with van der Waals surface area (Å²) in [7, 11) is -2.21. The highest BCUT2D eigenvalue weighted by Crippen LogP contribution is 2.12. The summed E-state index contributed by atoms with van der Waals surface area (Å²) in [5.74, 6) is 0. The van der Waals surface area contributed by atoms with E-state index in [1.54, 1.807) is 43.6 Å². The number of sulfonamides is 1. The minimum Gasteiger partial charge on any atom is -0.317 e. The number of aryl methyl sites for hydroxylation is 1. The molecule has 1 aromatic carbocycles. The van der Waals surface area contributed by atoms with Crippen LogP contribution >= 0.6 is 11.6 Å². The van der Waals surface area contributed by atoms with Crippen LogP contribution in [0, 0.1) is 0 Å². The van der Waals surface area contributed by atoms with Crippen molar-refractivity contribution in [2.45, 2.75) is 0 Å². The van der Waals surface area contributed by atoms with E-state index in [0.717, 1.165) is 5.41 Å². The molecule has 0 spiro atoms. The Morgan fingerprint density at radius 3 is 2.52 bits per heavy atom. The van der Waals surface area contributed by atoms with Gasteiger partial charge >= 0.3 is 0 Å². The average Bonchev–Trinajstić information content (AvgIpc) is 2.43. The predicted molar refractivity (Wildman–Crippen MR) is 84.7 cm³/mol. The number of nitrogens with zero attached hydrogens (tertiary/aromatic N) is 1. The Bertz CT molecular complexity index is 824. The molecule has 0 unspecified atom stereocenters. The summed E-state index contributed by atoms with van der Waals surface area (Å²) in [5.41, 5.74) is 0.271. The molecule has 0 radical (unpaired) electrons. The first-order valence-corrected chi connectivity index (χ1v) is 7.92. The number of halogens is 1. The number of anilines is 1. The van der Waals surface area contributed by atoms with Crippen LogP contribution in [0.2, 0.25) is 5.02 Å². The zero-order valence-corrected chi connectivity index (χ0v) is 12.7. The summed E-state index contributed by atoms with van der Waals surface area (Å²) in [5, 5.41) is 1.57. The van der Waals surface area contributed by atoms with Crippen LogP contribution in [-0.2, 0) is 17.1 Å². The molecule has 0 saturated heterocycles. The lowest BCUT2D eigenvalue weighted by molar-refractivity contribution is 0.609. The maximum atomic E-state index is 11.9. The Balaban J connectivity index is 2.21. The summed E-state index contributed by atoms with van der Waals surface area (Å²) in [6.07, 6.45) is 2.97. The molecule has 5 nitrogen and oxygen atoms in total. The van der Waals surface area contributed by atoms with E-state index in [9.17, 15) is 13.2 Å². The van der Waals surface area contributed by atoms with Gasteiger partial charge in [0.15, 0.2) is 0 Å². The van der Waals surface area contributed by atoms with Crippen molar-refractivity contribution in [3.05, 3.63) is 68.9 Å². The van der Waals surface area contributed by atoms with Gasteiger partial charge in [-0.3, -0.25) is 9.52 Å². The van der Waals surface area contributed by atoms with Crippen molar-refractivity contribution in [2.75, 3.05) is 4.72 Å². The predicted octanol–water partition coefficient (Wildman–Crippen LogP) is 2.45. The fourth-order valence-electron chi connectivity index (χ4n) is 1.60. The molecule has 1 heterocycles. The standard InChI is InChI=1S/C14H13ClN2O3S/c1-17-9-2-3-13(14(17)18)16-21(19,20)10-8-11-4-6-12(15)7-5-11/h2-10,16H,1H3.